The highest BCUT2D eigenvalue weighted by molar-refractivity contribution is 7.15. The Labute approximate surface area is 143 Å². The molecule has 0 saturated carbocycles. The van der Waals surface area contributed by atoms with Crippen molar-refractivity contribution >= 4 is 34.1 Å². The van der Waals surface area contributed by atoms with E-state index in [0.717, 1.165) is 11.4 Å². The summed E-state index contributed by atoms with van der Waals surface area (Å²) in [6.07, 6.45) is 1.48. The van der Waals surface area contributed by atoms with Gasteiger partial charge in [-0.05, 0) is 37.6 Å². The fourth-order valence-electron chi connectivity index (χ4n) is 1.85. The zero-order valence-corrected chi connectivity index (χ0v) is 14.2. The molecule has 3 amide bonds. The molecule has 0 unspecified atom stereocenters. The van der Waals surface area contributed by atoms with Gasteiger partial charge < -0.3 is 16.4 Å². The summed E-state index contributed by atoms with van der Waals surface area (Å²) in [5, 5.41) is 17.1. The minimum absolute atomic E-state index is 0.204. The maximum atomic E-state index is 12.0. The van der Waals surface area contributed by atoms with E-state index in [1.165, 1.54) is 11.3 Å². The lowest BCUT2D eigenvalue weighted by Gasteiger charge is -2.08. The third-order valence-electron chi connectivity index (χ3n) is 3.04. The van der Waals surface area contributed by atoms with E-state index in [4.69, 9.17) is 5.73 Å². The molecule has 9 heteroatoms. The summed E-state index contributed by atoms with van der Waals surface area (Å²) < 4.78 is 0. The summed E-state index contributed by atoms with van der Waals surface area (Å²) in [6, 6.07) is 6.25. The summed E-state index contributed by atoms with van der Waals surface area (Å²) in [4.78, 5) is 24.0. The largest absolute Gasteiger partial charge is 0.352 e. The van der Waals surface area contributed by atoms with Gasteiger partial charge in [0.15, 0.2) is 0 Å². The molecular weight excluding hydrogens is 328 g/mol. The summed E-state index contributed by atoms with van der Waals surface area (Å²) in [7, 11) is 0. The van der Waals surface area contributed by atoms with Gasteiger partial charge in [-0.25, -0.2) is 4.79 Å². The Bertz CT molecular complexity index is 703. The van der Waals surface area contributed by atoms with Gasteiger partial charge in [0.25, 0.3) is 5.91 Å². The number of rotatable bonds is 7. The Morgan fingerprint density at radius 3 is 2.79 bits per heavy atom. The van der Waals surface area contributed by atoms with Crippen LogP contribution in [0.2, 0.25) is 0 Å². The molecule has 8 nitrogen and oxygen atoms in total. The predicted molar refractivity (Wildman–Crippen MR) is 94.4 cm³/mol. The molecule has 0 aliphatic carbocycles. The molecule has 0 spiro atoms. The fraction of sp³-hybridized carbons (Fsp3) is 0.333. The molecule has 1 heterocycles. The highest BCUT2D eigenvalue weighted by Crippen LogP contribution is 2.16. The summed E-state index contributed by atoms with van der Waals surface area (Å²) >= 11 is 1.32. The number of benzene rings is 1. The molecule has 1 aromatic heterocycles. The number of carbonyl (C=O) groups excluding carboxylic acids is 2. The minimum Gasteiger partial charge on any atom is -0.352 e. The van der Waals surface area contributed by atoms with Gasteiger partial charge in [-0.1, -0.05) is 24.3 Å². The number of hydrogen-bond donors (Lipinski definition) is 4. The second-order valence-corrected chi connectivity index (χ2v) is 5.97. The monoisotopic (exact) mass is 348 g/mol. The first-order valence-electron chi connectivity index (χ1n) is 7.61. The van der Waals surface area contributed by atoms with E-state index < -0.39 is 6.03 Å². The van der Waals surface area contributed by atoms with E-state index in [0.29, 0.717) is 35.9 Å². The topological polar surface area (TPSA) is 122 Å². The van der Waals surface area contributed by atoms with Crippen LogP contribution in [0, 0.1) is 0 Å². The molecule has 1 aromatic carbocycles. The van der Waals surface area contributed by atoms with Gasteiger partial charge in [0.2, 0.25) is 5.13 Å². The van der Waals surface area contributed by atoms with E-state index in [2.05, 4.69) is 26.1 Å². The Morgan fingerprint density at radius 1 is 1.25 bits per heavy atom. The molecule has 0 atom stereocenters. The lowest BCUT2D eigenvalue weighted by Crippen LogP contribution is -2.26. The van der Waals surface area contributed by atoms with Gasteiger partial charge in [-0.2, -0.15) is 0 Å². The Kier molecular flexibility index (Phi) is 6.64. The lowest BCUT2D eigenvalue weighted by atomic mass is 10.2. The number of nitrogens with two attached hydrogens (primary N) is 1. The van der Waals surface area contributed by atoms with Crippen molar-refractivity contribution in [1.29, 1.82) is 0 Å². The molecular formula is C15H20N6O2S. The van der Waals surface area contributed by atoms with Crippen LogP contribution in [0.15, 0.2) is 24.3 Å². The van der Waals surface area contributed by atoms with Crippen molar-refractivity contribution in [2.75, 3.05) is 23.7 Å². The van der Waals surface area contributed by atoms with Gasteiger partial charge >= 0.3 is 6.03 Å². The first kappa shape index (κ1) is 17.8. The number of anilines is 2. The number of hydrogen-bond acceptors (Lipinski definition) is 6. The second kappa shape index (κ2) is 8.94. The van der Waals surface area contributed by atoms with Crippen molar-refractivity contribution in [2.24, 2.45) is 5.73 Å². The normalized spacial score (nSPS) is 10.2. The van der Waals surface area contributed by atoms with Crippen LogP contribution in [-0.4, -0.2) is 35.2 Å². The molecule has 2 aromatic rings. The highest BCUT2D eigenvalue weighted by Gasteiger charge is 2.09. The van der Waals surface area contributed by atoms with Gasteiger partial charge in [0.1, 0.15) is 5.01 Å². The molecule has 0 aliphatic rings. The third kappa shape index (κ3) is 5.28. The van der Waals surface area contributed by atoms with Crippen LogP contribution in [0.1, 0.15) is 28.7 Å². The molecule has 128 valence electrons. The molecule has 24 heavy (non-hydrogen) atoms. The molecule has 5 N–H and O–H groups in total. The predicted octanol–water partition coefficient (Wildman–Crippen LogP) is 1.82. The third-order valence-corrected chi connectivity index (χ3v) is 4.02. The summed E-state index contributed by atoms with van der Waals surface area (Å²) in [5.74, 6) is -0.204. The van der Waals surface area contributed by atoms with Gasteiger partial charge in [0.05, 0.1) is 0 Å². The Balaban J connectivity index is 1.93. The van der Waals surface area contributed by atoms with Gasteiger partial charge in [0, 0.05) is 17.8 Å². The van der Waals surface area contributed by atoms with Crippen LogP contribution in [0.4, 0.5) is 15.6 Å². The van der Waals surface area contributed by atoms with Crippen LogP contribution in [0.5, 0.6) is 0 Å². The maximum absolute atomic E-state index is 12.0. The summed E-state index contributed by atoms with van der Waals surface area (Å²) in [5.41, 5.74) is 6.37. The van der Waals surface area contributed by atoms with Gasteiger partial charge in [-0.15, -0.1) is 10.2 Å². The first-order valence-corrected chi connectivity index (χ1v) is 8.42. The van der Waals surface area contributed by atoms with Crippen molar-refractivity contribution in [3.05, 3.63) is 34.8 Å². The van der Waals surface area contributed by atoms with E-state index in [1.807, 2.05) is 6.92 Å². The maximum Gasteiger partial charge on any atom is 0.325 e. The van der Waals surface area contributed by atoms with Crippen molar-refractivity contribution in [2.45, 2.75) is 19.8 Å². The number of aromatic nitrogens is 2. The molecule has 2 rings (SSSR count). The SMILES string of the molecule is CCc1nnc(NC(=O)Nc2cccc(C(=O)NCCCN)c2)s1. The standard InChI is InChI=1S/C15H20N6O2S/c1-2-12-20-21-15(24-12)19-14(23)18-11-6-3-5-10(9-11)13(22)17-8-4-7-16/h3,5-6,9H,2,4,7-8,16H2,1H3,(H,17,22)(H2,18,19,21,23). The minimum atomic E-state index is -0.436. The van der Waals surface area contributed by atoms with Crippen LogP contribution in [-0.2, 0) is 6.42 Å². The van der Waals surface area contributed by atoms with Crippen LogP contribution in [0.3, 0.4) is 0 Å². The number of amides is 3. The van der Waals surface area contributed by atoms with Crippen molar-refractivity contribution < 1.29 is 9.59 Å². The summed E-state index contributed by atoms with van der Waals surface area (Å²) in [6.45, 7) is 3.01. The Morgan fingerprint density at radius 2 is 2.08 bits per heavy atom. The molecule has 0 aliphatic heterocycles. The average Bonchev–Trinajstić information content (AvgIpc) is 3.02. The second-order valence-electron chi connectivity index (χ2n) is 4.91. The quantitative estimate of drug-likeness (QED) is 0.569. The number of nitrogens with one attached hydrogen (secondary N) is 3. The van der Waals surface area contributed by atoms with Crippen molar-refractivity contribution in [3.8, 4) is 0 Å². The first-order chi connectivity index (χ1) is 11.6. The number of nitrogens with zero attached hydrogens (tertiary/aromatic N) is 2. The van der Waals surface area contributed by atoms with Crippen molar-refractivity contribution in [1.82, 2.24) is 15.5 Å². The lowest BCUT2D eigenvalue weighted by molar-refractivity contribution is 0.0953. The smallest absolute Gasteiger partial charge is 0.325 e. The fourth-order valence-corrected chi connectivity index (χ4v) is 2.53. The number of urea groups is 1. The number of aryl methyl sites for hydroxylation is 1. The number of carbonyl (C=O) groups is 2. The molecule has 0 bridgehead atoms. The van der Waals surface area contributed by atoms with E-state index in [1.54, 1.807) is 24.3 Å². The van der Waals surface area contributed by atoms with Crippen LogP contribution in [0.25, 0.3) is 0 Å². The average molecular weight is 348 g/mol. The Hall–Kier alpha value is -2.52. The van der Waals surface area contributed by atoms with Crippen LogP contribution >= 0.6 is 11.3 Å². The molecule has 0 radical (unpaired) electrons. The highest BCUT2D eigenvalue weighted by atomic mass is 32.1. The molecule has 0 fully saturated rings. The zero-order valence-electron chi connectivity index (χ0n) is 13.3. The van der Waals surface area contributed by atoms with E-state index in [-0.39, 0.29) is 5.91 Å². The molecule has 0 saturated heterocycles. The van der Waals surface area contributed by atoms with E-state index in [9.17, 15) is 9.59 Å². The van der Waals surface area contributed by atoms with Gasteiger partial charge in [-0.3, -0.25) is 10.1 Å². The van der Waals surface area contributed by atoms with Crippen molar-refractivity contribution in [3.63, 3.8) is 0 Å². The van der Waals surface area contributed by atoms with E-state index >= 15 is 0 Å². The zero-order chi connectivity index (χ0) is 17.4. The van der Waals surface area contributed by atoms with Crippen LogP contribution < -0.4 is 21.7 Å².